The number of imide groups is 1. The van der Waals surface area contributed by atoms with Crippen LogP contribution in [0.1, 0.15) is 36.8 Å². The van der Waals surface area contributed by atoms with Gasteiger partial charge in [0.25, 0.3) is 17.7 Å². The van der Waals surface area contributed by atoms with Gasteiger partial charge in [0.05, 0.1) is 18.2 Å². The normalized spacial score (nSPS) is 15.8. The van der Waals surface area contributed by atoms with Crippen molar-refractivity contribution < 1.29 is 23.6 Å². The summed E-state index contributed by atoms with van der Waals surface area (Å²) in [7, 11) is 1.63. The van der Waals surface area contributed by atoms with Crippen LogP contribution in [0.5, 0.6) is 5.75 Å². The Morgan fingerprint density at radius 2 is 1.64 bits per heavy atom. The summed E-state index contributed by atoms with van der Waals surface area (Å²) in [4.78, 5) is 43.7. The second kappa shape index (κ2) is 8.09. The number of anilines is 2. The van der Waals surface area contributed by atoms with Gasteiger partial charge in [-0.2, -0.15) is 0 Å². The third kappa shape index (κ3) is 3.61. The molecule has 9 heteroatoms. The first-order chi connectivity index (χ1) is 16.0. The van der Waals surface area contributed by atoms with E-state index in [4.69, 9.17) is 9.26 Å². The van der Waals surface area contributed by atoms with E-state index >= 15 is 0 Å². The molecule has 3 amide bonds. The fourth-order valence-corrected chi connectivity index (χ4v) is 4.18. The monoisotopic (exact) mass is 446 g/mol. The maximum atomic E-state index is 13.1. The van der Waals surface area contributed by atoms with E-state index in [0.717, 1.165) is 16.3 Å². The van der Waals surface area contributed by atoms with Crippen molar-refractivity contribution in [3.63, 3.8) is 0 Å². The summed E-state index contributed by atoms with van der Waals surface area (Å²) < 4.78 is 10.2. The summed E-state index contributed by atoms with van der Waals surface area (Å²) in [6, 6.07) is 14.0. The number of benzene rings is 2. The number of carbonyl (C=O) groups is 3. The van der Waals surface area contributed by atoms with Crippen LogP contribution in [0.15, 0.2) is 53.1 Å². The van der Waals surface area contributed by atoms with Crippen molar-refractivity contribution in [2.75, 3.05) is 43.1 Å². The van der Waals surface area contributed by atoms with E-state index in [0.29, 0.717) is 37.5 Å². The number of hydrogen-bond acceptors (Lipinski definition) is 7. The third-order valence-electron chi connectivity index (χ3n) is 5.98. The molecule has 3 aromatic rings. The Bertz CT molecular complexity index is 1240. The molecule has 0 atom stereocenters. The van der Waals surface area contributed by atoms with Gasteiger partial charge in [-0.05, 0) is 49.4 Å². The number of aryl methyl sites for hydroxylation is 1. The molecule has 168 valence electrons. The van der Waals surface area contributed by atoms with E-state index in [1.807, 2.05) is 24.3 Å². The van der Waals surface area contributed by atoms with Crippen molar-refractivity contribution in [2.24, 2.45) is 0 Å². The summed E-state index contributed by atoms with van der Waals surface area (Å²) in [6.07, 6.45) is 0. The van der Waals surface area contributed by atoms with Crippen molar-refractivity contribution in [3.8, 4) is 5.75 Å². The van der Waals surface area contributed by atoms with Gasteiger partial charge in [0.2, 0.25) is 0 Å². The van der Waals surface area contributed by atoms with Crippen LogP contribution in [-0.4, -0.2) is 61.1 Å². The van der Waals surface area contributed by atoms with E-state index in [9.17, 15) is 14.4 Å². The van der Waals surface area contributed by atoms with Crippen molar-refractivity contribution in [3.05, 3.63) is 71.0 Å². The number of aromatic nitrogens is 1. The summed E-state index contributed by atoms with van der Waals surface area (Å²) >= 11 is 0. The highest BCUT2D eigenvalue weighted by Gasteiger charge is 2.39. The zero-order chi connectivity index (χ0) is 23.1. The Kier molecular flexibility index (Phi) is 5.08. The van der Waals surface area contributed by atoms with Crippen LogP contribution >= 0.6 is 0 Å². The number of nitrogens with zero attached hydrogens (tertiary/aromatic N) is 4. The molecule has 1 saturated heterocycles. The Hall–Kier alpha value is -4.14. The molecular formula is C24H22N4O5. The van der Waals surface area contributed by atoms with Crippen LogP contribution in [0.2, 0.25) is 0 Å². The van der Waals surface area contributed by atoms with E-state index in [-0.39, 0.29) is 22.9 Å². The number of fused-ring (bicyclic) bond motifs is 1. The standard InChI is InChI=1S/C24H22N4O5/c1-15-13-21(25-33-15)28-23(30)19-8-3-16(14-20(19)24(28)31)22(29)27-11-9-26(10-12-27)17-4-6-18(32-2)7-5-17/h3-8,13-14H,9-12H2,1-2H3. The summed E-state index contributed by atoms with van der Waals surface area (Å²) in [5.74, 6) is 0.280. The van der Waals surface area contributed by atoms with Gasteiger partial charge >= 0.3 is 0 Å². The van der Waals surface area contributed by atoms with Crippen LogP contribution in [-0.2, 0) is 0 Å². The molecule has 0 radical (unpaired) electrons. The minimum Gasteiger partial charge on any atom is -0.497 e. The average Bonchev–Trinajstić information content (AvgIpc) is 3.38. The third-order valence-corrected chi connectivity index (χ3v) is 5.98. The van der Waals surface area contributed by atoms with Crippen LogP contribution in [0.3, 0.4) is 0 Å². The van der Waals surface area contributed by atoms with Crippen molar-refractivity contribution >= 4 is 29.2 Å². The minimum absolute atomic E-state index is 0.140. The van der Waals surface area contributed by atoms with Gasteiger partial charge in [0.1, 0.15) is 11.5 Å². The van der Waals surface area contributed by atoms with Gasteiger partial charge in [0, 0.05) is 43.5 Å². The zero-order valence-corrected chi connectivity index (χ0v) is 18.3. The summed E-state index contributed by atoms with van der Waals surface area (Å²) in [5, 5.41) is 3.78. The lowest BCUT2D eigenvalue weighted by molar-refractivity contribution is 0.0746. The van der Waals surface area contributed by atoms with Crippen LogP contribution in [0.25, 0.3) is 0 Å². The Morgan fingerprint density at radius 1 is 0.939 bits per heavy atom. The lowest BCUT2D eigenvalue weighted by atomic mass is 10.0. The van der Waals surface area contributed by atoms with Gasteiger partial charge in [-0.15, -0.1) is 0 Å². The van der Waals surface area contributed by atoms with Gasteiger partial charge in [-0.3, -0.25) is 14.4 Å². The van der Waals surface area contributed by atoms with Gasteiger partial charge in [0.15, 0.2) is 5.82 Å². The van der Waals surface area contributed by atoms with E-state index < -0.39 is 11.8 Å². The summed E-state index contributed by atoms with van der Waals surface area (Å²) in [5.41, 5.74) is 1.91. The molecule has 3 heterocycles. The average molecular weight is 446 g/mol. The van der Waals surface area contributed by atoms with Gasteiger partial charge in [-0.1, -0.05) is 5.16 Å². The fraction of sp³-hybridized carbons (Fsp3) is 0.250. The predicted molar refractivity (Wildman–Crippen MR) is 120 cm³/mol. The Morgan fingerprint density at radius 3 is 2.27 bits per heavy atom. The number of piperazine rings is 1. The first kappa shape index (κ1) is 20.7. The van der Waals surface area contributed by atoms with E-state index in [1.165, 1.54) is 18.2 Å². The smallest absolute Gasteiger partial charge is 0.267 e. The van der Waals surface area contributed by atoms with Crippen LogP contribution in [0, 0.1) is 6.92 Å². The van der Waals surface area contributed by atoms with Crippen LogP contribution < -0.4 is 14.5 Å². The van der Waals surface area contributed by atoms with Crippen molar-refractivity contribution in [1.82, 2.24) is 10.1 Å². The molecule has 0 aliphatic carbocycles. The molecule has 5 rings (SSSR count). The number of amides is 3. The molecule has 33 heavy (non-hydrogen) atoms. The molecule has 0 N–H and O–H groups in total. The second-order valence-electron chi connectivity index (χ2n) is 7.98. The number of carbonyl (C=O) groups excluding carboxylic acids is 3. The topological polar surface area (TPSA) is 96.2 Å². The molecule has 2 aliphatic rings. The molecule has 0 unspecified atom stereocenters. The van der Waals surface area contributed by atoms with Crippen LogP contribution in [0.4, 0.5) is 11.5 Å². The fourth-order valence-electron chi connectivity index (χ4n) is 4.18. The van der Waals surface area contributed by atoms with E-state index in [2.05, 4.69) is 10.1 Å². The maximum absolute atomic E-state index is 13.1. The number of methoxy groups -OCH3 is 1. The first-order valence-electron chi connectivity index (χ1n) is 10.6. The molecule has 0 bridgehead atoms. The number of hydrogen-bond donors (Lipinski definition) is 0. The quantitative estimate of drug-likeness (QED) is 0.569. The Labute approximate surface area is 190 Å². The summed E-state index contributed by atoms with van der Waals surface area (Å²) in [6.45, 7) is 4.18. The highest BCUT2D eigenvalue weighted by atomic mass is 16.5. The van der Waals surface area contributed by atoms with Crippen molar-refractivity contribution in [2.45, 2.75) is 6.92 Å². The second-order valence-corrected chi connectivity index (χ2v) is 7.98. The van der Waals surface area contributed by atoms with Gasteiger partial charge in [-0.25, -0.2) is 4.90 Å². The molecular weight excluding hydrogens is 424 g/mol. The maximum Gasteiger partial charge on any atom is 0.267 e. The molecule has 2 aromatic carbocycles. The molecule has 0 saturated carbocycles. The predicted octanol–water partition coefficient (Wildman–Crippen LogP) is 2.75. The first-order valence-corrected chi connectivity index (χ1v) is 10.6. The molecule has 1 fully saturated rings. The zero-order valence-electron chi connectivity index (χ0n) is 18.3. The molecule has 2 aliphatic heterocycles. The highest BCUT2D eigenvalue weighted by Crippen LogP contribution is 2.29. The lowest BCUT2D eigenvalue weighted by Gasteiger charge is -2.36. The number of ether oxygens (including phenoxy) is 1. The minimum atomic E-state index is -0.512. The lowest BCUT2D eigenvalue weighted by Crippen LogP contribution is -2.48. The highest BCUT2D eigenvalue weighted by molar-refractivity contribution is 6.34. The molecule has 9 nitrogen and oxygen atoms in total. The van der Waals surface area contributed by atoms with E-state index in [1.54, 1.807) is 25.0 Å². The van der Waals surface area contributed by atoms with Crippen molar-refractivity contribution in [1.29, 1.82) is 0 Å². The van der Waals surface area contributed by atoms with Gasteiger partial charge < -0.3 is 19.1 Å². The molecule has 1 aromatic heterocycles. The number of rotatable bonds is 4. The Balaban J connectivity index is 1.29. The molecule has 0 spiro atoms. The largest absolute Gasteiger partial charge is 0.497 e. The SMILES string of the molecule is COc1ccc(N2CCN(C(=O)c3ccc4c(c3)C(=O)N(c3cc(C)on3)C4=O)CC2)cc1.